The molecule has 1 heterocycles. The molecule has 1 atom stereocenters. The molecule has 0 bridgehead atoms. The zero-order valence-corrected chi connectivity index (χ0v) is 17.7. The van der Waals surface area contributed by atoms with Crippen molar-refractivity contribution in [3.8, 4) is 11.5 Å². The van der Waals surface area contributed by atoms with Gasteiger partial charge in [-0.2, -0.15) is 0 Å². The summed E-state index contributed by atoms with van der Waals surface area (Å²) in [4.78, 5) is 28.6. The first kappa shape index (κ1) is 22.1. The molecule has 2 N–H and O–H groups in total. The molecule has 1 aromatic rings. The van der Waals surface area contributed by atoms with E-state index in [4.69, 9.17) is 9.47 Å². The Bertz CT molecular complexity index is 721. The summed E-state index contributed by atoms with van der Waals surface area (Å²) in [5.41, 5.74) is 1.03. The van der Waals surface area contributed by atoms with Gasteiger partial charge < -0.3 is 20.1 Å². The zero-order valence-electron chi connectivity index (χ0n) is 16.9. The molecule has 0 spiro atoms. The van der Waals surface area contributed by atoms with Crippen LogP contribution >= 0.6 is 11.8 Å². The van der Waals surface area contributed by atoms with E-state index in [1.165, 1.54) is 11.8 Å². The maximum atomic E-state index is 12.2. The summed E-state index contributed by atoms with van der Waals surface area (Å²) in [5.74, 6) is 1.61. The van der Waals surface area contributed by atoms with Crippen LogP contribution in [-0.4, -0.2) is 49.5 Å². The van der Waals surface area contributed by atoms with Crippen LogP contribution in [0.5, 0.6) is 11.5 Å². The predicted molar refractivity (Wildman–Crippen MR) is 112 cm³/mol. The number of thioether (sulfide) groups is 1. The molecular formula is C20H29N3O4S. The molecule has 1 fully saturated rings. The molecule has 1 aromatic carbocycles. The summed E-state index contributed by atoms with van der Waals surface area (Å²) in [6.45, 7) is 5.44. The Morgan fingerprint density at radius 2 is 2.04 bits per heavy atom. The van der Waals surface area contributed by atoms with Crippen LogP contribution in [0.15, 0.2) is 23.2 Å². The maximum Gasteiger partial charge on any atom is 0.240 e. The van der Waals surface area contributed by atoms with Crippen molar-refractivity contribution in [2.45, 2.75) is 38.4 Å². The summed E-state index contributed by atoms with van der Waals surface area (Å²) < 4.78 is 10.5. The molecule has 0 aliphatic carbocycles. The third kappa shape index (κ3) is 6.74. The fourth-order valence-electron chi connectivity index (χ4n) is 2.66. The molecule has 7 nitrogen and oxygen atoms in total. The molecule has 8 heteroatoms. The molecular weight excluding hydrogens is 378 g/mol. The Kier molecular flexibility index (Phi) is 8.63. The van der Waals surface area contributed by atoms with Gasteiger partial charge in [-0.05, 0) is 36.5 Å². The quantitative estimate of drug-likeness (QED) is 0.622. The Balaban J connectivity index is 1.76. The number of hydrogen-bond acceptors (Lipinski definition) is 6. The van der Waals surface area contributed by atoms with Crippen molar-refractivity contribution in [1.82, 2.24) is 10.6 Å². The van der Waals surface area contributed by atoms with Gasteiger partial charge in [0.05, 0.1) is 14.2 Å². The average molecular weight is 408 g/mol. The first-order chi connectivity index (χ1) is 13.4. The van der Waals surface area contributed by atoms with E-state index in [1.807, 2.05) is 18.2 Å². The van der Waals surface area contributed by atoms with Crippen molar-refractivity contribution in [3.63, 3.8) is 0 Å². The van der Waals surface area contributed by atoms with E-state index in [-0.39, 0.29) is 18.2 Å². The molecule has 0 saturated carbocycles. The number of hydrogen-bond donors (Lipinski definition) is 2. The van der Waals surface area contributed by atoms with Crippen LogP contribution < -0.4 is 20.1 Å². The number of amidine groups is 1. The Labute approximate surface area is 170 Å². The van der Waals surface area contributed by atoms with E-state index < -0.39 is 5.25 Å². The molecule has 1 saturated heterocycles. The van der Waals surface area contributed by atoms with Gasteiger partial charge in [0, 0.05) is 19.5 Å². The predicted octanol–water partition coefficient (Wildman–Crippen LogP) is 2.39. The van der Waals surface area contributed by atoms with Gasteiger partial charge in [-0.3, -0.25) is 14.6 Å². The molecule has 0 unspecified atom stereocenters. The third-order valence-corrected chi connectivity index (χ3v) is 5.41. The van der Waals surface area contributed by atoms with Gasteiger partial charge in [-0.1, -0.05) is 31.7 Å². The van der Waals surface area contributed by atoms with Crippen molar-refractivity contribution in [3.05, 3.63) is 23.8 Å². The summed E-state index contributed by atoms with van der Waals surface area (Å²) in [6, 6.07) is 5.68. The van der Waals surface area contributed by atoms with Crippen LogP contribution in [0.3, 0.4) is 0 Å². The van der Waals surface area contributed by atoms with Gasteiger partial charge in [-0.15, -0.1) is 0 Å². The standard InChI is InChI=1S/C20H29N3O4S/c1-13(2)7-9-22-20-23-19(25)17(28-20)12-18(24)21-10-8-14-5-6-15(26-3)16(11-14)27-4/h5-6,11,13,17H,7-10,12H2,1-4H3,(H,21,24)(H,22,23,25)/t17-/m1/s1. The number of methoxy groups -OCH3 is 2. The van der Waals surface area contributed by atoms with E-state index >= 15 is 0 Å². The molecule has 1 aliphatic heterocycles. The van der Waals surface area contributed by atoms with Crippen LogP contribution in [0.1, 0.15) is 32.3 Å². The molecule has 0 radical (unpaired) electrons. The van der Waals surface area contributed by atoms with Crippen molar-refractivity contribution >= 4 is 28.7 Å². The van der Waals surface area contributed by atoms with E-state index in [1.54, 1.807) is 14.2 Å². The highest BCUT2D eigenvalue weighted by Gasteiger charge is 2.31. The summed E-state index contributed by atoms with van der Waals surface area (Å²) in [5, 5.41) is 5.83. The highest BCUT2D eigenvalue weighted by molar-refractivity contribution is 8.15. The smallest absolute Gasteiger partial charge is 0.240 e. The lowest BCUT2D eigenvalue weighted by molar-refractivity contribution is -0.125. The monoisotopic (exact) mass is 407 g/mol. The van der Waals surface area contributed by atoms with Crippen molar-refractivity contribution in [1.29, 1.82) is 0 Å². The topological polar surface area (TPSA) is 89.0 Å². The number of amides is 2. The summed E-state index contributed by atoms with van der Waals surface area (Å²) >= 11 is 1.34. The molecule has 2 amide bonds. The minimum absolute atomic E-state index is 0.142. The Morgan fingerprint density at radius 1 is 1.29 bits per heavy atom. The lowest BCUT2D eigenvalue weighted by Crippen LogP contribution is -2.32. The SMILES string of the molecule is COc1ccc(CCNC(=O)C[C@H]2SC(=NCCC(C)C)NC2=O)cc1OC. The number of benzene rings is 1. The normalized spacial score (nSPS) is 17.7. The average Bonchev–Trinajstić information content (AvgIpc) is 3.00. The van der Waals surface area contributed by atoms with Gasteiger partial charge >= 0.3 is 0 Å². The second-order valence-electron chi connectivity index (χ2n) is 6.96. The number of nitrogens with zero attached hydrogens (tertiary/aromatic N) is 1. The summed E-state index contributed by atoms with van der Waals surface area (Å²) in [6.07, 6.45) is 1.78. The minimum Gasteiger partial charge on any atom is -0.493 e. The minimum atomic E-state index is -0.418. The maximum absolute atomic E-state index is 12.2. The van der Waals surface area contributed by atoms with E-state index in [0.29, 0.717) is 42.1 Å². The first-order valence-corrected chi connectivity index (χ1v) is 10.3. The lowest BCUT2D eigenvalue weighted by atomic mass is 10.1. The summed E-state index contributed by atoms with van der Waals surface area (Å²) in [7, 11) is 3.18. The van der Waals surface area contributed by atoms with Crippen LogP contribution in [-0.2, 0) is 16.0 Å². The fourth-order valence-corrected chi connectivity index (χ4v) is 3.66. The van der Waals surface area contributed by atoms with Gasteiger partial charge in [0.2, 0.25) is 11.8 Å². The Morgan fingerprint density at radius 3 is 2.71 bits per heavy atom. The van der Waals surface area contributed by atoms with E-state index in [9.17, 15) is 9.59 Å². The lowest BCUT2D eigenvalue weighted by Gasteiger charge is -2.10. The molecule has 1 aliphatic rings. The molecule has 154 valence electrons. The largest absolute Gasteiger partial charge is 0.493 e. The van der Waals surface area contributed by atoms with E-state index in [2.05, 4.69) is 29.5 Å². The second kappa shape index (κ2) is 10.9. The second-order valence-corrected chi connectivity index (χ2v) is 8.15. The highest BCUT2D eigenvalue weighted by atomic mass is 32.2. The van der Waals surface area contributed by atoms with E-state index in [0.717, 1.165) is 12.0 Å². The van der Waals surface area contributed by atoms with Crippen LogP contribution in [0, 0.1) is 5.92 Å². The third-order valence-electron chi connectivity index (χ3n) is 4.29. The molecule has 28 heavy (non-hydrogen) atoms. The molecule has 0 aromatic heterocycles. The first-order valence-electron chi connectivity index (χ1n) is 9.42. The van der Waals surface area contributed by atoms with Gasteiger partial charge in [0.15, 0.2) is 16.7 Å². The number of carbonyl (C=O) groups excluding carboxylic acids is 2. The molecule has 2 rings (SSSR count). The van der Waals surface area contributed by atoms with Crippen LogP contribution in [0.25, 0.3) is 0 Å². The number of carbonyl (C=O) groups is 2. The Hall–Kier alpha value is -2.22. The van der Waals surface area contributed by atoms with Gasteiger partial charge in [0.1, 0.15) is 5.25 Å². The number of ether oxygens (including phenoxy) is 2. The fraction of sp³-hybridized carbons (Fsp3) is 0.550. The zero-order chi connectivity index (χ0) is 20.5. The van der Waals surface area contributed by atoms with Gasteiger partial charge in [0.25, 0.3) is 0 Å². The number of nitrogens with one attached hydrogen (secondary N) is 2. The van der Waals surface area contributed by atoms with Crippen LogP contribution in [0.4, 0.5) is 0 Å². The number of rotatable bonds is 10. The van der Waals surface area contributed by atoms with Gasteiger partial charge in [-0.25, -0.2) is 0 Å². The highest BCUT2D eigenvalue weighted by Crippen LogP contribution is 2.27. The van der Waals surface area contributed by atoms with Crippen molar-refractivity contribution < 1.29 is 19.1 Å². The number of aliphatic imine (C=N–C) groups is 1. The van der Waals surface area contributed by atoms with Crippen molar-refractivity contribution in [2.24, 2.45) is 10.9 Å². The van der Waals surface area contributed by atoms with Crippen LogP contribution in [0.2, 0.25) is 0 Å². The van der Waals surface area contributed by atoms with Crippen molar-refractivity contribution in [2.75, 3.05) is 27.3 Å².